The smallest absolute Gasteiger partial charge is 0.243 e. The Hall–Kier alpha value is -3.27. The van der Waals surface area contributed by atoms with Gasteiger partial charge in [-0.05, 0) is 17.4 Å². The molecule has 1 heterocycles. The third kappa shape index (κ3) is 2.34. The van der Waals surface area contributed by atoms with Crippen LogP contribution in [0.3, 0.4) is 0 Å². The van der Waals surface area contributed by atoms with Crippen molar-refractivity contribution in [3.05, 3.63) is 72.3 Å². The van der Waals surface area contributed by atoms with Gasteiger partial charge in [0.2, 0.25) is 5.95 Å². The van der Waals surface area contributed by atoms with Crippen LogP contribution in [0, 0.1) is 0 Å². The summed E-state index contributed by atoms with van der Waals surface area (Å²) >= 11 is 0. The Morgan fingerprint density at radius 2 is 1.48 bits per heavy atom. The van der Waals surface area contributed by atoms with E-state index in [0.717, 1.165) is 35.5 Å². The molecule has 1 N–H and O–H groups in total. The van der Waals surface area contributed by atoms with Crippen molar-refractivity contribution in [1.29, 1.82) is 0 Å². The highest BCUT2D eigenvalue weighted by molar-refractivity contribution is 6.13. The van der Waals surface area contributed by atoms with E-state index in [-0.39, 0.29) is 0 Å². The number of anilines is 1. The molecule has 4 nitrogen and oxygen atoms in total. The van der Waals surface area contributed by atoms with Crippen LogP contribution in [0.4, 0.5) is 5.95 Å². The molecule has 0 unspecified atom stereocenters. The Morgan fingerprint density at radius 1 is 0.720 bits per heavy atom. The highest BCUT2D eigenvalue weighted by atomic mass is 15.2. The van der Waals surface area contributed by atoms with Crippen LogP contribution < -0.4 is 5.32 Å². The molecule has 5 rings (SSSR count). The minimum Gasteiger partial charge on any atom is -0.353 e. The summed E-state index contributed by atoms with van der Waals surface area (Å²) in [5.41, 5.74) is 5.36. The van der Waals surface area contributed by atoms with Crippen molar-refractivity contribution in [3.63, 3.8) is 0 Å². The van der Waals surface area contributed by atoms with Crippen molar-refractivity contribution in [1.82, 2.24) is 15.2 Å². The van der Waals surface area contributed by atoms with Crippen LogP contribution in [0.1, 0.15) is 5.56 Å². The second-order valence-corrected chi connectivity index (χ2v) is 6.20. The van der Waals surface area contributed by atoms with E-state index < -0.39 is 0 Å². The second-order valence-electron chi connectivity index (χ2n) is 6.20. The molecule has 0 aliphatic heterocycles. The maximum atomic E-state index is 4.74. The second kappa shape index (κ2) is 5.67. The quantitative estimate of drug-likeness (QED) is 0.535. The number of aromatic nitrogens is 3. The van der Waals surface area contributed by atoms with E-state index in [0.29, 0.717) is 5.95 Å². The minimum atomic E-state index is 0.583. The lowest BCUT2D eigenvalue weighted by atomic mass is 10.0. The fourth-order valence-corrected chi connectivity index (χ4v) is 3.47. The topological polar surface area (TPSA) is 50.7 Å². The molecule has 25 heavy (non-hydrogen) atoms. The largest absolute Gasteiger partial charge is 0.353 e. The van der Waals surface area contributed by atoms with Crippen molar-refractivity contribution in [2.75, 3.05) is 11.9 Å². The molecule has 0 atom stereocenters. The van der Waals surface area contributed by atoms with E-state index in [9.17, 15) is 0 Å². The molecule has 0 spiro atoms. The Kier molecular flexibility index (Phi) is 3.20. The van der Waals surface area contributed by atoms with Gasteiger partial charge in [-0.1, -0.05) is 66.7 Å². The SMILES string of the molecule is c1ccc(CCNc2nnc3c(n2)-c2cccc4cccc-3c24)cc1. The highest BCUT2D eigenvalue weighted by Crippen LogP contribution is 2.44. The number of nitrogens with one attached hydrogen (secondary N) is 1. The summed E-state index contributed by atoms with van der Waals surface area (Å²) in [6.07, 6.45) is 0.928. The van der Waals surface area contributed by atoms with Crippen LogP contribution in [-0.2, 0) is 6.42 Å². The van der Waals surface area contributed by atoms with E-state index in [1.165, 1.54) is 16.3 Å². The van der Waals surface area contributed by atoms with Crippen LogP contribution in [-0.4, -0.2) is 21.7 Å². The predicted molar refractivity (Wildman–Crippen MR) is 100 cm³/mol. The predicted octanol–water partition coefficient (Wildman–Crippen LogP) is 4.33. The Bertz CT molecular complexity index is 1070. The minimum absolute atomic E-state index is 0.583. The molecule has 120 valence electrons. The van der Waals surface area contributed by atoms with Crippen LogP contribution in [0.25, 0.3) is 33.3 Å². The van der Waals surface area contributed by atoms with Gasteiger partial charge in [0.05, 0.1) is 0 Å². The maximum Gasteiger partial charge on any atom is 0.243 e. The molecular formula is C21H16N4. The molecule has 4 heteroatoms. The van der Waals surface area contributed by atoms with Gasteiger partial charge in [0.1, 0.15) is 11.4 Å². The summed E-state index contributed by atoms with van der Waals surface area (Å²) in [4.78, 5) is 4.74. The van der Waals surface area contributed by atoms with Gasteiger partial charge in [0.15, 0.2) is 0 Å². The van der Waals surface area contributed by atoms with E-state index in [2.05, 4.69) is 76.2 Å². The third-order valence-corrected chi connectivity index (χ3v) is 4.64. The van der Waals surface area contributed by atoms with Crippen molar-refractivity contribution < 1.29 is 0 Å². The summed E-state index contributed by atoms with van der Waals surface area (Å²) in [5, 5.41) is 14.5. The van der Waals surface area contributed by atoms with Crippen molar-refractivity contribution >= 4 is 16.7 Å². The fourth-order valence-electron chi connectivity index (χ4n) is 3.47. The van der Waals surface area contributed by atoms with Crippen LogP contribution in [0.5, 0.6) is 0 Å². The molecule has 4 aromatic rings. The summed E-state index contributed by atoms with van der Waals surface area (Å²) in [6.45, 7) is 0.779. The van der Waals surface area contributed by atoms with Crippen molar-refractivity contribution in [2.24, 2.45) is 0 Å². The molecule has 0 saturated heterocycles. The summed E-state index contributed by atoms with van der Waals surface area (Å²) < 4.78 is 0. The van der Waals surface area contributed by atoms with Crippen LogP contribution in [0.15, 0.2) is 66.7 Å². The van der Waals surface area contributed by atoms with E-state index in [4.69, 9.17) is 4.98 Å². The zero-order chi connectivity index (χ0) is 16.6. The van der Waals surface area contributed by atoms with Crippen LogP contribution >= 0.6 is 0 Å². The molecule has 3 aromatic carbocycles. The van der Waals surface area contributed by atoms with Crippen LogP contribution in [0.2, 0.25) is 0 Å². The molecule has 1 aromatic heterocycles. The van der Waals surface area contributed by atoms with Gasteiger partial charge in [-0.15, -0.1) is 10.2 Å². The van der Waals surface area contributed by atoms with Crippen molar-refractivity contribution in [3.8, 4) is 22.5 Å². The van der Waals surface area contributed by atoms with Crippen molar-refractivity contribution in [2.45, 2.75) is 6.42 Å². The standard InChI is InChI=1S/C21H16N4/c1-2-6-14(7-3-1)12-13-22-21-23-19-16-10-4-8-15-9-5-11-17(18(15)16)20(19)24-25-21/h1-11H,12-13H2,(H,22,23,25). The van der Waals surface area contributed by atoms with Gasteiger partial charge in [0.25, 0.3) is 0 Å². The van der Waals surface area contributed by atoms with Gasteiger partial charge in [-0.2, -0.15) is 0 Å². The zero-order valence-corrected chi connectivity index (χ0v) is 13.6. The first-order valence-electron chi connectivity index (χ1n) is 8.45. The number of hydrogen-bond acceptors (Lipinski definition) is 4. The fraction of sp³-hybridized carbons (Fsp3) is 0.0952. The van der Waals surface area contributed by atoms with E-state index >= 15 is 0 Å². The first kappa shape index (κ1) is 14.1. The molecule has 0 fully saturated rings. The summed E-state index contributed by atoms with van der Waals surface area (Å²) in [5.74, 6) is 0.583. The Balaban J connectivity index is 1.44. The van der Waals surface area contributed by atoms with Gasteiger partial charge >= 0.3 is 0 Å². The molecule has 0 bridgehead atoms. The molecule has 0 saturated carbocycles. The summed E-state index contributed by atoms with van der Waals surface area (Å²) in [6, 6.07) is 23.0. The normalized spacial score (nSPS) is 11.5. The van der Waals surface area contributed by atoms with Gasteiger partial charge in [0, 0.05) is 23.1 Å². The Labute approximate surface area is 145 Å². The van der Waals surface area contributed by atoms with E-state index in [1.807, 2.05) is 6.07 Å². The molecule has 0 radical (unpaired) electrons. The molecule has 0 amide bonds. The zero-order valence-electron chi connectivity index (χ0n) is 13.6. The lowest BCUT2D eigenvalue weighted by Crippen LogP contribution is -2.09. The molecule has 1 aliphatic carbocycles. The number of rotatable bonds is 4. The average Bonchev–Trinajstić information content (AvgIpc) is 2.99. The number of nitrogens with zero attached hydrogens (tertiary/aromatic N) is 3. The molecular weight excluding hydrogens is 308 g/mol. The maximum absolute atomic E-state index is 4.74. The molecule has 1 aliphatic rings. The van der Waals surface area contributed by atoms with E-state index in [1.54, 1.807) is 0 Å². The first-order chi connectivity index (χ1) is 12.4. The Morgan fingerprint density at radius 3 is 2.28 bits per heavy atom. The average molecular weight is 324 g/mol. The highest BCUT2D eigenvalue weighted by Gasteiger charge is 2.24. The lowest BCUT2D eigenvalue weighted by molar-refractivity contribution is 0.936. The lowest BCUT2D eigenvalue weighted by Gasteiger charge is -2.06. The monoisotopic (exact) mass is 324 g/mol. The number of benzene rings is 3. The summed E-state index contributed by atoms with van der Waals surface area (Å²) in [7, 11) is 0. The van der Waals surface area contributed by atoms with Gasteiger partial charge < -0.3 is 5.32 Å². The third-order valence-electron chi connectivity index (χ3n) is 4.64. The van der Waals surface area contributed by atoms with Gasteiger partial charge in [-0.3, -0.25) is 0 Å². The van der Waals surface area contributed by atoms with Gasteiger partial charge in [-0.25, -0.2) is 4.98 Å². The number of hydrogen-bond donors (Lipinski definition) is 1. The number of fused-ring (bicyclic) bond motifs is 3. The first-order valence-corrected chi connectivity index (χ1v) is 8.45.